The predicted octanol–water partition coefficient (Wildman–Crippen LogP) is 2.54. The van der Waals surface area contributed by atoms with E-state index in [1.165, 1.54) is 6.07 Å². The highest BCUT2D eigenvalue weighted by Crippen LogP contribution is 2.29. The summed E-state index contributed by atoms with van der Waals surface area (Å²) in [5, 5.41) is 4.11. The van der Waals surface area contributed by atoms with Gasteiger partial charge in [0.2, 0.25) is 0 Å². The number of hydrogen-bond acceptors (Lipinski definition) is 3. The van der Waals surface area contributed by atoms with Crippen molar-refractivity contribution in [2.45, 2.75) is 6.54 Å². The Kier molecular flexibility index (Phi) is 3.56. The molecule has 6 heteroatoms. The Balaban J connectivity index is 2.23. The van der Waals surface area contributed by atoms with Crippen molar-refractivity contribution in [3.05, 3.63) is 40.4 Å². The number of aromatic nitrogens is 2. The topological polar surface area (TPSA) is 47.1 Å². The summed E-state index contributed by atoms with van der Waals surface area (Å²) in [6, 6.07) is 3.00. The largest absolute Gasteiger partial charge is 0.397 e. The summed E-state index contributed by atoms with van der Waals surface area (Å²) in [6.07, 6.45) is 3.73. The molecule has 0 saturated heterocycles. The lowest BCUT2D eigenvalue weighted by molar-refractivity contribution is 0.621. The standard InChI is InChI=1S/C12H14BrFN4/c1-17(6-8-5-16-18(2)7-8)12-3-9(13)10(14)4-11(12)15/h3-5,7H,6,15H2,1-2H3. The number of rotatable bonds is 3. The number of nitrogens with two attached hydrogens (primary N) is 1. The number of nitrogen functional groups attached to an aromatic ring is 1. The van der Waals surface area contributed by atoms with Crippen LogP contribution in [0.4, 0.5) is 15.8 Å². The predicted molar refractivity (Wildman–Crippen MR) is 73.8 cm³/mol. The molecular formula is C12H14BrFN4. The van der Waals surface area contributed by atoms with E-state index >= 15 is 0 Å². The molecule has 0 saturated carbocycles. The van der Waals surface area contributed by atoms with Crippen LogP contribution in [0.3, 0.4) is 0 Å². The van der Waals surface area contributed by atoms with Crippen molar-refractivity contribution in [3.8, 4) is 0 Å². The van der Waals surface area contributed by atoms with Crippen molar-refractivity contribution >= 4 is 27.3 Å². The molecule has 4 nitrogen and oxygen atoms in total. The molecule has 0 aliphatic heterocycles. The second-order valence-corrected chi connectivity index (χ2v) is 5.06. The highest BCUT2D eigenvalue weighted by Gasteiger charge is 2.11. The maximum Gasteiger partial charge on any atom is 0.139 e. The van der Waals surface area contributed by atoms with Crippen LogP contribution in [0, 0.1) is 5.82 Å². The van der Waals surface area contributed by atoms with E-state index in [-0.39, 0.29) is 5.82 Å². The van der Waals surface area contributed by atoms with Crippen molar-refractivity contribution in [3.63, 3.8) is 0 Å². The van der Waals surface area contributed by atoms with Gasteiger partial charge in [0.05, 0.1) is 22.0 Å². The summed E-state index contributed by atoms with van der Waals surface area (Å²) in [7, 11) is 3.77. The van der Waals surface area contributed by atoms with Gasteiger partial charge < -0.3 is 10.6 Å². The van der Waals surface area contributed by atoms with Crippen LogP contribution in [0.25, 0.3) is 0 Å². The SMILES string of the molecule is CN(Cc1cnn(C)c1)c1cc(Br)c(F)cc1N. The lowest BCUT2D eigenvalue weighted by Gasteiger charge is -2.20. The van der Waals surface area contributed by atoms with Crippen LogP contribution in [0.2, 0.25) is 0 Å². The van der Waals surface area contributed by atoms with Gasteiger partial charge in [-0.3, -0.25) is 4.68 Å². The first-order chi connectivity index (χ1) is 8.47. The van der Waals surface area contributed by atoms with Gasteiger partial charge >= 0.3 is 0 Å². The van der Waals surface area contributed by atoms with E-state index in [1.54, 1.807) is 16.9 Å². The summed E-state index contributed by atoms with van der Waals surface area (Å²) in [5.74, 6) is -0.356. The van der Waals surface area contributed by atoms with Gasteiger partial charge in [-0.1, -0.05) is 0 Å². The molecule has 0 aliphatic rings. The summed E-state index contributed by atoms with van der Waals surface area (Å²) in [5.41, 5.74) is 8.10. The van der Waals surface area contributed by atoms with Crippen LogP contribution in [0.15, 0.2) is 29.0 Å². The monoisotopic (exact) mass is 312 g/mol. The van der Waals surface area contributed by atoms with Gasteiger partial charge in [0, 0.05) is 38.5 Å². The Morgan fingerprint density at radius 3 is 2.83 bits per heavy atom. The van der Waals surface area contributed by atoms with E-state index < -0.39 is 0 Å². The fraction of sp³-hybridized carbons (Fsp3) is 0.250. The highest BCUT2D eigenvalue weighted by atomic mass is 79.9. The van der Waals surface area contributed by atoms with Crippen LogP contribution in [-0.4, -0.2) is 16.8 Å². The van der Waals surface area contributed by atoms with Crippen molar-refractivity contribution in [2.75, 3.05) is 17.7 Å². The van der Waals surface area contributed by atoms with Crippen LogP contribution in [-0.2, 0) is 13.6 Å². The second kappa shape index (κ2) is 4.97. The van der Waals surface area contributed by atoms with Gasteiger partial charge in [0.15, 0.2) is 0 Å². The Labute approximate surface area is 113 Å². The van der Waals surface area contributed by atoms with E-state index in [9.17, 15) is 4.39 Å². The lowest BCUT2D eigenvalue weighted by Crippen LogP contribution is -2.17. The number of nitrogens with zero attached hydrogens (tertiary/aromatic N) is 3. The summed E-state index contributed by atoms with van der Waals surface area (Å²) in [6.45, 7) is 0.663. The summed E-state index contributed by atoms with van der Waals surface area (Å²) < 4.78 is 15.4. The minimum Gasteiger partial charge on any atom is -0.397 e. The molecule has 96 valence electrons. The molecule has 0 fully saturated rings. The number of aryl methyl sites for hydroxylation is 1. The lowest BCUT2D eigenvalue weighted by atomic mass is 10.2. The smallest absolute Gasteiger partial charge is 0.139 e. The molecule has 0 unspecified atom stereocenters. The maximum absolute atomic E-state index is 13.3. The zero-order valence-electron chi connectivity index (χ0n) is 10.2. The normalized spacial score (nSPS) is 10.7. The third-order valence-electron chi connectivity index (χ3n) is 2.66. The number of benzene rings is 1. The van der Waals surface area contributed by atoms with Crippen LogP contribution in [0.1, 0.15) is 5.56 Å². The fourth-order valence-electron chi connectivity index (χ4n) is 1.79. The number of hydrogen-bond donors (Lipinski definition) is 1. The average molecular weight is 313 g/mol. The Morgan fingerprint density at radius 2 is 2.22 bits per heavy atom. The van der Waals surface area contributed by atoms with Gasteiger partial charge in [0.25, 0.3) is 0 Å². The molecular weight excluding hydrogens is 299 g/mol. The van der Waals surface area contributed by atoms with E-state index in [0.717, 1.165) is 11.3 Å². The molecule has 2 rings (SSSR count). The molecule has 0 amide bonds. The van der Waals surface area contributed by atoms with Gasteiger partial charge in [0.1, 0.15) is 5.82 Å². The molecule has 0 aliphatic carbocycles. The van der Waals surface area contributed by atoms with E-state index in [4.69, 9.17) is 5.73 Å². The van der Waals surface area contributed by atoms with Crippen molar-refractivity contribution in [1.82, 2.24) is 9.78 Å². The third-order valence-corrected chi connectivity index (χ3v) is 3.27. The van der Waals surface area contributed by atoms with Crippen LogP contribution >= 0.6 is 15.9 Å². The first-order valence-corrected chi connectivity index (χ1v) is 6.20. The molecule has 1 aromatic carbocycles. The first kappa shape index (κ1) is 12.9. The minimum atomic E-state index is -0.356. The van der Waals surface area contributed by atoms with E-state index in [1.807, 2.05) is 25.2 Å². The molecule has 0 radical (unpaired) electrons. The second-order valence-electron chi connectivity index (χ2n) is 4.20. The molecule has 1 heterocycles. The first-order valence-electron chi connectivity index (χ1n) is 5.40. The van der Waals surface area contributed by atoms with E-state index in [0.29, 0.717) is 16.7 Å². The molecule has 2 N–H and O–H groups in total. The van der Waals surface area contributed by atoms with Crippen LogP contribution < -0.4 is 10.6 Å². The summed E-state index contributed by atoms with van der Waals surface area (Å²) >= 11 is 3.16. The summed E-state index contributed by atoms with van der Waals surface area (Å²) in [4.78, 5) is 1.95. The average Bonchev–Trinajstić information content (AvgIpc) is 2.69. The van der Waals surface area contributed by atoms with Crippen molar-refractivity contribution in [1.29, 1.82) is 0 Å². The van der Waals surface area contributed by atoms with Gasteiger partial charge in [-0.2, -0.15) is 5.10 Å². The zero-order chi connectivity index (χ0) is 13.3. The number of anilines is 2. The van der Waals surface area contributed by atoms with Crippen molar-refractivity contribution < 1.29 is 4.39 Å². The van der Waals surface area contributed by atoms with Crippen molar-refractivity contribution in [2.24, 2.45) is 7.05 Å². The molecule has 2 aromatic rings. The van der Waals surface area contributed by atoms with Gasteiger partial charge in [-0.25, -0.2) is 4.39 Å². The Bertz CT molecular complexity index is 567. The van der Waals surface area contributed by atoms with Crippen LogP contribution in [0.5, 0.6) is 0 Å². The minimum absolute atomic E-state index is 0.356. The quantitative estimate of drug-likeness (QED) is 0.886. The molecule has 1 aromatic heterocycles. The van der Waals surface area contributed by atoms with Gasteiger partial charge in [-0.15, -0.1) is 0 Å². The molecule has 0 atom stereocenters. The Hall–Kier alpha value is -1.56. The zero-order valence-corrected chi connectivity index (χ0v) is 11.8. The van der Waals surface area contributed by atoms with E-state index in [2.05, 4.69) is 21.0 Å². The highest BCUT2D eigenvalue weighted by molar-refractivity contribution is 9.10. The fourth-order valence-corrected chi connectivity index (χ4v) is 2.13. The molecule has 0 bridgehead atoms. The molecule has 18 heavy (non-hydrogen) atoms. The number of halogens is 2. The Morgan fingerprint density at radius 1 is 1.50 bits per heavy atom. The maximum atomic E-state index is 13.3. The third kappa shape index (κ3) is 2.64. The molecule has 0 spiro atoms. The van der Waals surface area contributed by atoms with Gasteiger partial charge in [-0.05, 0) is 22.0 Å².